The first-order valence-electron chi connectivity index (χ1n) is 6.10. The SMILES string of the molecule is Cc1cc(=O)c(CC#N)cn1-c1ccccc1C(F)(F)F. The highest BCUT2D eigenvalue weighted by molar-refractivity contribution is 5.45. The minimum atomic E-state index is -4.50. The molecule has 2 aromatic rings. The number of halogens is 3. The maximum absolute atomic E-state index is 13.1. The Morgan fingerprint density at radius 2 is 1.95 bits per heavy atom. The van der Waals surface area contributed by atoms with E-state index in [0.717, 1.165) is 6.07 Å². The van der Waals surface area contributed by atoms with Gasteiger partial charge in [0.05, 0.1) is 23.7 Å². The van der Waals surface area contributed by atoms with Crippen LogP contribution in [0.1, 0.15) is 16.8 Å². The first-order chi connectivity index (χ1) is 9.84. The largest absolute Gasteiger partial charge is 0.418 e. The molecule has 6 heteroatoms. The fourth-order valence-corrected chi connectivity index (χ4v) is 2.07. The van der Waals surface area contributed by atoms with Gasteiger partial charge >= 0.3 is 6.18 Å². The van der Waals surface area contributed by atoms with Crippen molar-refractivity contribution in [1.82, 2.24) is 4.57 Å². The van der Waals surface area contributed by atoms with Gasteiger partial charge in [-0.3, -0.25) is 4.79 Å². The van der Waals surface area contributed by atoms with Gasteiger partial charge in [0.15, 0.2) is 5.43 Å². The summed E-state index contributed by atoms with van der Waals surface area (Å²) in [5.41, 5.74) is -0.672. The molecule has 0 amide bonds. The lowest BCUT2D eigenvalue weighted by atomic mass is 10.1. The molecule has 0 fully saturated rings. The lowest BCUT2D eigenvalue weighted by Gasteiger charge is -2.17. The fraction of sp³-hybridized carbons (Fsp3) is 0.200. The molecule has 0 N–H and O–H groups in total. The molecule has 0 radical (unpaired) electrons. The summed E-state index contributed by atoms with van der Waals surface area (Å²) in [6.45, 7) is 1.55. The standard InChI is InChI=1S/C15H11F3N2O/c1-10-8-14(21)11(6-7-19)9-20(10)13-5-3-2-4-12(13)15(16,17)18/h2-5,8-9H,6H2,1H3. The minimum absolute atomic E-state index is 0.0679. The van der Waals surface area contributed by atoms with Crippen LogP contribution in [0.5, 0.6) is 0 Å². The lowest BCUT2D eigenvalue weighted by Crippen LogP contribution is -2.17. The number of benzene rings is 1. The van der Waals surface area contributed by atoms with Gasteiger partial charge < -0.3 is 4.57 Å². The number of pyridine rings is 1. The van der Waals surface area contributed by atoms with E-state index in [2.05, 4.69) is 0 Å². The van der Waals surface area contributed by atoms with Crippen LogP contribution >= 0.6 is 0 Å². The predicted octanol–water partition coefficient (Wildman–Crippen LogP) is 3.23. The van der Waals surface area contributed by atoms with E-state index in [1.54, 1.807) is 6.92 Å². The molecule has 1 heterocycles. The number of nitrogens with zero attached hydrogens (tertiary/aromatic N) is 2. The molecule has 2 rings (SSSR count). The van der Waals surface area contributed by atoms with E-state index in [1.807, 2.05) is 6.07 Å². The van der Waals surface area contributed by atoms with Gasteiger partial charge in [0.2, 0.25) is 0 Å². The molecule has 0 spiro atoms. The smallest absolute Gasteiger partial charge is 0.320 e. The Morgan fingerprint density at radius 3 is 2.57 bits per heavy atom. The second-order valence-corrected chi connectivity index (χ2v) is 4.52. The number of nitriles is 1. The van der Waals surface area contributed by atoms with Crippen molar-refractivity contribution in [1.29, 1.82) is 5.26 Å². The van der Waals surface area contributed by atoms with Gasteiger partial charge in [0.1, 0.15) is 0 Å². The zero-order valence-electron chi connectivity index (χ0n) is 11.1. The average Bonchev–Trinajstić information content (AvgIpc) is 2.41. The van der Waals surface area contributed by atoms with E-state index in [-0.39, 0.29) is 23.1 Å². The van der Waals surface area contributed by atoms with Crippen LogP contribution in [0.25, 0.3) is 5.69 Å². The first kappa shape index (κ1) is 14.9. The van der Waals surface area contributed by atoms with E-state index in [9.17, 15) is 18.0 Å². The number of para-hydroxylation sites is 1. The van der Waals surface area contributed by atoms with Gasteiger partial charge in [-0.2, -0.15) is 18.4 Å². The molecule has 3 nitrogen and oxygen atoms in total. The molecule has 0 saturated carbocycles. The summed E-state index contributed by atoms with van der Waals surface area (Å²) >= 11 is 0. The highest BCUT2D eigenvalue weighted by Gasteiger charge is 2.33. The third-order valence-electron chi connectivity index (χ3n) is 3.06. The third kappa shape index (κ3) is 2.97. The summed E-state index contributed by atoms with van der Waals surface area (Å²) in [5.74, 6) is 0. The van der Waals surface area contributed by atoms with E-state index < -0.39 is 11.7 Å². The van der Waals surface area contributed by atoms with E-state index in [4.69, 9.17) is 5.26 Å². The summed E-state index contributed by atoms with van der Waals surface area (Å²) in [6.07, 6.45) is -3.35. The molecule has 108 valence electrons. The maximum atomic E-state index is 13.1. The van der Waals surface area contributed by atoms with Crippen LogP contribution in [-0.2, 0) is 12.6 Å². The Morgan fingerprint density at radius 1 is 1.29 bits per heavy atom. The Bertz CT molecular complexity index is 770. The van der Waals surface area contributed by atoms with Crippen LogP contribution in [-0.4, -0.2) is 4.57 Å². The molecule has 21 heavy (non-hydrogen) atoms. The van der Waals surface area contributed by atoms with Crippen molar-refractivity contribution in [2.45, 2.75) is 19.5 Å². The summed E-state index contributed by atoms with van der Waals surface area (Å²) in [4.78, 5) is 11.7. The normalized spacial score (nSPS) is 11.2. The van der Waals surface area contributed by atoms with Crippen LogP contribution < -0.4 is 5.43 Å². The first-order valence-corrected chi connectivity index (χ1v) is 6.10. The van der Waals surface area contributed by atoms with Crippen LogP contribution in [0.15, 0.2) is 41.3 Å². The van der Waals surface area contributed by atoms with Crippen molar-refractivity contribution in [2.75, 3.05) is 0 Å². The number of aromatic nitrogens is 1. The topological polar surface area (TPSA) is 45.8 Å². The molecule has 0 unspecified atom stereocenters. The second kappa shape index (κ2) is 5.44. The highest BCUT2D eigenvalue weighted by atomic mass is 19.4. The van der Waals surface area contributed by atoms with Gasteiger partial charge in [0.25, 0.3) is 0 Å². The quantitative estimate of drug-likeness (QED) is 0.853. The fourth-order valence-electron chi connectivity index (χ4n) is 2.07. The van der Waals surface area contributed by atoms with Crippen molar-refractivity contribution < 1.29 is 13.2 Å². The van der Waals surface area contributed by atoms with Crippen LogP contribution in [0, 0.1) is 18.3 Å². The minimum Gasteiger partial charge on any atom is -0.320 e. The molecular formula is C15H11F3N2O. The molecule has 0 aliphatic rings. The zero-order chi connectivity index (χ0) is 15.6. The summed E-state index contributed by atoms with van der Waals surface area (Å²) in [5, 5.41) is 8.68. The number of hydrogen-bond acceptors (Lipinski definition) is 2. The third-order valence-corrected chi connectivity index (χ3v) is 3.06. The molecule has 1 aromatic heterocycles. The number of aryl methyl sites for hydroxylation is 1. The Hall–Kier alpha value is -2.55. The van der Waals surface area contributed by atoms with E-state index in [0.29, 0.717) is 5.69 Å². The highest BCUT2D eigenvalue weighted by Crippen LogP contribution is 2.33. The molecule has 0 aliphatic heterocycles. The maximum Gasteiger partial charge on any atom is 0.418 e. The van der Waals surface area contributed by atoms with Crippen LogP contribution in [0.3, 0.4) is 0 Å². The second-order valence-electron chi connectivity index (χ2n) is 4.52. The lowest BCUT2D eigenvalue weighted by molar-refractivity contribution is -0.137. The average molecular weight is 292 g/mol. The Labute approximate surface area is 118 Å². The zero-order valence-corrected chi connectivity index (χ0v) is 11.1. The predicted molar refractivity (Wildman–Crippen MR) is 71.1 cm³/mol. The molecule has 0 bridgehead atoms. The van der Waals surface area contributed by atoms with Gasteiger partial charge in [-0.1, -0.05) is 12.1 Å². The van der Waals surface area contributed by atoms with Crippen molar-refractivity contribution in [2.24, 2.45) is 0 Å². The molecular weight excluding hydrogens is 281 g/mol. The van der Waals surface area contributed by atoms with Gasteiger partial charge in [0, 0.05) is 23.5 Å². The Balaban J connectivity index is 2.71. The van der Waals surface area contributed by atoms with Crippen molar-refractivity contribution in [3.63, 3.8) is 0 Å². The monoisotopic (exact) mass is 292 g/mol. The van der Waals surface area contributed by atoms with Crippen LogP contribution in [0.4, 0.5) is 13.2 Å². The molecule has 0 atom stereocenters. The van der Waals surface area contributed by atoms with Gasteiger partial charge in [-0.15, -0.1) is 0 Å². The van der Waals surface area contributed by atoms with Crippen molar-refractivity contribution >= 4 is 0 Å². The van der Waals surface area contributed by atoms with Gasteiger partial charge in [-0.05, 0) is 19.1 Å². The summed E-state index contributed by atoms with van der Waals surface area (Å²) < 4.78 is 40.5. The van der Waals surface area contributed by atoms with Crippen molar-refractivity contribution in [3.8, 4) is 11.8 Å². The Kier molecular flexibility index (Phi) is 3.85. The van der Waals surface area contributed by atoms with Crippen LogP contribution in [0.2, 0.25) is 0 Å². The van der Waals surface area contributed by atoms with E-state index in [1.165, 1.54) is 35.0 Å². The molecule has 0 saturated heterocycles. The molecule has 1 aromatic carbocycles. The number of hydrogen-bond donors (Lipinski definition) is 0. The summed E-state index contributed by atoms with van der Waals surface area (Å²) in [7, 11) is 0. The molecule has 0 aliphatic carbocycles. The van der Waals surface area contributed by atoms with Crippen molar-refractivity contribution in [3.05, 3.63) is 63.6 Å². The summed E-state index contributed by atoms with van der Waals surface area (Å²) in [6, 6.07) is 8.18. The number of alkyl halides is 3. The number of rotatable bonds is 2. The van der Waals surface area contributed by atoms with E-state index >= 15 is 0 Å². The van der Waals surface area contributed by atoms with Gasteiger partial charge in [-0.25, -0.2) is 0 Å².